The van der Waals surface area contributed by atoms with Crippen LogP contribution in [0.3, 0.4) is 0 Å². The average Bonchev–Trinajstić information content (AvgIpc) is 2.42. The van der Waals surface area contributed by atoms with Gasteiger partial charge in [-0.3, -0.25) is 0 Å². The second-order valence-electron chi connectivity index (χ2n) is 4.44. The van der Waals surface area contributed by atoms with Gasteiger partial charge in [-0.15, -0.1) is 0 Å². The van der Waals surface area contributed by atoms with Gasteiger partial charge in [0.25, 0.3) is 0 Å². The molecule has 3 N–H and O–H groups in total. The molecular formula is C14H15ClN2O2S. The highest BCUT2D eigenvalue weighted by Crippen LogP contribution is 2.25. The Bertz CT molecular complexity index is 702. The lowest BCUT2D eigenvalue weighted by atomic mass is 10.1. The molecular weight excluding hydrogens is 296 g/mol. The molecule has 0 bridgehead atoms. The third-order valence-electron chi connectivity index (χ3n) is 2.88. The monoisotopic (exact) mass is 310 g/mol. The van der Waals surface area contributed by atoms with Crippen molar-refractivity contribution < 1.29 is 8.42 Å². The molecule has 2 aromatic carbocycles. The Morgan fingerprint density at radius 1 is 1.15 bits per heavy atom. The van der Waals surface area contributed by atoms with Gasteiger partial charge in [-0.2, -0.15) is 0 Å². The van der Waals surface area contributed by atoms with Crippen molar-refractivity contribution in [2.24, 2.45) is 0 Å². The van der Waals surface area contributed by atoms with Crippen LogP contribution in [0, 0.1) is 0 Å². The van der Waals surface area contributed by atoms with Gasteiger partial charge < -0.3 is 5.73 Å². The van der Waals surface area contributed by atoms with E-state index in [9.17, 15) is 8.42 Å². The summed E-state index contributed by atoms with van der Waals surface area (Å²) in [6.45, 7) is 1.77. The highest BCUT2D eigenvalue weighted by molar-refractivity contribution is 7.89. The van der Waals surface area contributed by atoms with Crippen LogP contribution < -0.4 is 10.5 Å². The minimum absolute atomic E-state index is 0.0121. The summed E-state index contributed by atoms with van der Waals surface area (Å²) >= 11 is 5.94. The molecule has 0 saturated carbocycles. The number of nitrogen functional groups attached to an aromatic ring is 1. The Morgan fingerprint density at radius 2 is 1.80 bits per heavy atom. The Kier molecular flexibility index (Phi) is 4.32. The van der Waals surface area contributed by atoms with Crippen LogP contribution in [-0.2, 0) is 10.0 Å². The number of nitrogens with one attached hydrogen (secondary N) is 1. The van der Waals surface area contributed by atoms with Crippen LogP contribution in [0.5, 0.6) is 0 Å². The molecule has 0 spiro atoms. The first-order valence-electron chi connectivity index (χ1n) is 6.02. The molecule has 0 aliphatic carbocycles. The van der Waals surface area contributed by atoms with E-state index in [2.05, 4.69) is 4.72 Å². The molecule has 0 aliphatic rings. The van der Waals surface area contributed by atoms with Crippen molar-refractivity contribution in [3.05, 3.63) is 59.1 Å². The van der Waals surface area contributed by atoms with Crippen molar-refractivity contribution in [2.45, 2.75) is 17.9 Å². The summed E-state index contributed by atoms with van der Waals surface area (Å²) in [6, 6.07) is 13.3. The molecule has 2 rings (SSSR count). The largest absolute Gasteiger partial charge is 0.399 e. The minimum Gasteiger partial charge on any atom is -0.399 e. The molecule has 0 radical (unpaired) electrons. The summed E-state index contributed by atoms with van der Waals surface area (Å²) in [5, 5.41) is 0.145. The Morgan fingerprint density at radius 3 is 2.45 bits per heavy atom. The smallest absolute Gasteiger partial charge is 0.242 e. The van der Waals surface area contributed by atoms with Crippen LogP contribution in [0.25, 0.3) is 0 Å². The Labute approximate surface area is 123 Å². The quantitative estimate of drug-likeness (QED) is 0.853. The summed E-state index contributed by atoms with van der Waals surface area (Å²) in [7, 11) is -3.72. The standard InChI is InChI=1S/C14H15ClN2O2S/c1-10(11-5-3-2-4-6-11)17-20(18,19)14-9-12(16)7-8-13(14)15/h2-10,17H,16H2,1H3/t10-/m0/s1. The molecule has 0 aliphatic heterocycles. The topological polar surface area (TPSA) is 72.2 Å². The molecule has 2 aromatic rings. The van der Waals surface area contributed by atoms with Crippen LogP contribution in [-0.4, -0.2) is 8.42 Å². The number of hydrogen-bond acceptors (Lipinski definition) is 3. The van der Waals surface area contributed by atoms with Gasteiger partial charge in [0.15, 0.2) is 0 Å². The Balaban J connectivity index is 2.30. The highest BCUT2D eigenvalue weighted by atomic mass is 35.5. The van der Waals surface area contributed by atoms with Crippen molar-refractivity contribution in [2.75, 3.05) is 5.73 Å². The molecule has 0 unspecified atom stereocenters. The summed E-state index contributed by atoms with van der Waals surface area (Å²) in [6.07, 6.45) is 0. The second kappa shape index (κ2) is 5.83. The molecule has 0 fully saturated rings. The summed E-state index contributed by atoms with van der Waals surface area (Å²) in [4.78, 5) is -0.0121. The van der Waals surface area contributed by atoms with Crippen molar-refractivity contribution >= 4 is 27.3 Å². The zero-order valence-electron chi connectivity index (χ0n) is 10.9. The molecule has 1 atom stereocenters. The van der Waals surface area contributed by atoms with Gasteiger partial charge in [0, 0.05) is 11.7 Å². The molecule has 0 amide bonds. The van der Waals surface area contributed by atoms with Gasteiger partial charge in [-0.1, -0.05) is 41.9 Å². The first-order chi connectivity index (χ1) is 9.40. The molecule has 20 heavy (non-hydrogen) atoms. The summed E-state index contributed by atoms with van der Waals surface area (Å²) in [5.41, 5.74) is 6.84. The molecule has 6 heteroatoms. The number of benzene rings is 2. The van der Waals surface area contributed by atoms with E-state index in [-0.39, 0.29) is 16.0 Å². The highest BCUT2D eigenvalue weighted by Gasteiger charge is 2.21. The van der Waals surface area contributed by atoms with E-state index in [4.69, 9.17) is 17.3 Å². The van der Waals surface area contributed by atoms with Gasteiger partial charge in [0.2, 0.25) is 10.0 Å². The molecule has 4 nitrogen and oxygen atoms in total. The maximum absolute atomic E-state index is 12.3. The van der Waals surface area contributed by atoms with Crippen LogP contribution in [0.15, 0.2) is 53.4 Å². The molecule has 106 valence electrons. The predicted molar refractivity (Wildman–Crippen MR) is 81.0 cm³/mol. The van der Waals surface area contributed by atoms with Crippen molar-refractivity contribution in [1.82, 2.24) is 4.72 Å². The van der Waals surface area contributed by atoms with Gasteiger partial charge >= 0.3 is 0 Å². The van der Waals surface area contributed by atoms with E-state index in [1.54, 1.807) is 13.0 Å². The number of sulfonamides is 1. The van der Waals surface area contributed by atoms with E-state index in [0.717, 1.165) is 5.56 Å². The Hall–Kier alpha value is -1.56. The third kappa shape index (κ3) is 3.30. The predicted octanol–water partition coefficient (Wildman–Crippen LogP) is 2.96. The molecule has 0 heterocycles. The number of hydrogen-bond donors (Lipinski definition) is 2. The lowest BCUT2D eigenvalue weighted by Gasteiger charge is -2.15. The lowest BCUT2D eigenvalue weighted by molar-refractivity contribution is 0.567. The zero-order chi connectivity index (χ0) is 14.8. The maximum Gasteiger partial charge on any atom is 0.242 e. The molecule has 0 saturated heterocycles. The van der Waals surface area contributed by atoms with Crippen LogP contribution in [0.1, 0.15) is 18.5 Å². The fourth-order valence-corrected chi connectivity index (χ4v) is 3.60. The van der Waals surface area contributed by atoms with Gasteiger partial charge in [0.05, 0.1) is 5.02 Å². The first-order valence-corrected chi connectivity index (χ1v) is 7.88. The van der Waals surface area contributed by atoms with E-state index < -0.39 is 10.0 Å². The third-order valence-corrected chi connectivity index (χ3v) is 4.90. The van der Waals surface area contributed by atoms with E-state index in [0.29, 0.717) is 5.69 Å². The number of halogens is 1. The SMILES string of the molecule is C[C@H](NS(=O)(=O)c1cc(N)ccc1Cl)c1ccccc1. The van der Waals surface area contributed by atoms with Gasteiger partial charge in [-0.25, -0.2) is 13.1 Å². The first kappa shape index (κ1) is 14.8. The average molecular weight is 311 g/mol. The van der Waals surface area contributed by atoms with Crippen molar-refractivity contribution in [3.8, 4) is 0 Å². The maximum atomic E-state index is 12.3. The van der Waals surface area contributed by atoms with Crippen molar-refractivity contribution in [1.29, 1.82) is 0 Å². The molecule has 0 aromatic heterocycles. The van der Waals surface area contributed by atoms with E-state index in [1.165, 1.54) is 12.1 Å². The lowest BCUT2D eigenvalue weighted by Crippen LogP contribution is -2.27. The van der Waals surface area contributed by atoms with Gasteiger partial charge in [-0.05, 0) is 30.7 Å². The van der Waals surface area contributed by atoms with Crippen LogP contribution >= 0.6 is 11.6 Å². The second-order valence-corrected chi connectivity index (χ2v) is 6.53. The number of rotatable bonds is 4. The van der Waals surface area contributed by atoms with E-state index >= 15 is 0 Å². The van der Waals surface area contributed by atoms with Gasteiger partial charge in [0.1, 0.15) is 4.90 Å². The van der Waals surface area contributed by atoms with Crippen molar-refractivity contribution in [3.63, 3.8) is 0 Å². The van der Waals surface area contributed by atoms with E-state index in [1.807, 2.05) is 30.3 Å². The minimum atomic E-state index is -3.72. The summed E-state index contributed by atoms with van der Waals surface area (Å²) < 4.78 is 27.3. The zero-order valence-corrected chi connectivity index (χ0v) is 12.4. The fourth-order valence-electron chi connectivity index (χ4n) is 1.83. The number of anilines is 1. The number of nitrogens with two attached hydrogens (primary N) is 1. The fraction of sp³-hybridized carbons (Fsp3) is 0.143. The van der Waals surface area contributed by atoms with Crippen LogP contribution in [0.2, 0.25) is 5.02 Å². The normalized spacial score (nSPS) is 13.1. The summed E-state index contributed by atoms with van der Waals surface area (Å²) in [5.74, 6) is 0. The van der Waals surface area contributed by atoms with Crippen LogP contribution in [0.4, 0.5) is 5.69 Å².